The predicted octanol–water partition coefficient (Wildman–Crippen LogP) is 3.37. The van der Waals surface area contributed by atoms with Crippen molar-refractivity contribution in [3.05, 3.63) is 52.1 Å². The normalized spacial score (nSPS) is 19.7. The largest absolute Gasteiger partial charge is 0.395 e. The van der Waals surface area contributed by atoms with E-state index in [9.17, 15) is 22.8 Å². The second-order valence-electron chi connectivity index (χ2n) is 7.09. The lowest BCUT2D eigenvalue weighted by atomic mass is 10.0. The molecule has 29 heavy (non-hydrogen) atoms. The van der Waals surface area contributed by atoms with E-state index in [1.54, 1.807) is 6.07 Å². The van der Waals surface area contributed by atoms with Crippen LogP contribution >= 0.6 is 11.3 Å². The molecule has 3 aromatic rings. The fourth-order valence-electron chi connectivity index (χ4n) is 3.55. The van der Waals surface area contributed by atoms with Crippen molar-refractivity contribution in [3.63, 3.8) is 0 Å². The first-order valence-electron chi connectivity index (χ1n) is 8.87. The summed E-state index contributed by atoms with van der Waals surface area (Å²) in [5, 5.41) is 4.66. The molecule has 0 bridgehead atoms. The molecule has 2 amide bonds. The number of fused-ring (bicyclic) bond motifs is 1. The standard InChI is InChI=1S/C19H17F3N4O2S/c1-10-2-3-13-11(4-10)5-14(24-13)18(28)26-6-12(19(20,21)22)15(7-26)25-17(27)16-8-29-9-23-16/h2-5,8-9,12,15,24H,6-7H2,1H3,(H,25,27)/t12-,15-/m1/s1. The van der Waals surface area contributed by atoms with Gasteiger partial charge in [-0.15, -0.1) is 11.3 Å². The summed E-state index contributed by atoms with van der Waals surface area (Å²) in [6.07, 6.45) is -4.55. The zero-order chi connectivity index (χ0) is 20.8. The summed E-state index contributed by atoms with van der Waals surface area (Å²) in [6.45, 7) is 1.17. The van der Waals surface area contributed by atoms with Crippen LogP contribution < -0.4 is 5.32 Å². The minimum atomic E-state index is -4.55. The highest BCUT2D eigenvalue weighted by atomic mass is 32.1. The van der Waals surface area contributed by atoms with E-state index in [0.29, 0.717) is 0 Å². The average Bonchev–Trinajstić information content (AvgIpc) is 3.39. The first-order valence-corrected chi connectivity index (χ1v) is 9.81. The van der Waals surface area contributed by atoms with E-state index < -0.39 is 36.5 Å². The van der Waals surface area contributed by atoms with Crippen molar-refractivity contribution in [1.82, 2.24) is 20.2 Å². The second kappa shape index (κ2) is 7.18. The fourth-order valence-corrected chi connectivity index (χ4v) is 4.08. The number of likely N-dealkylation sites (tertiary alicyclic amines) is 1. The monoisotopic (exact) mass is 422 g/mol. The van der Waals surface area contributed by atoms with Gasteiger partial charge < -0.3 is 15.2 Å². The van der Waals surface area contributed by atoms with Crippen molar-refractivity contribution >= 4 is 34.1 Å². The zero-order valence-electron chi connectivity index (χ0n) is 15.3. The van der Waals surface area contributed by atoms with Crippen LogP contribution in [-0.4, -0.2) is 52.0 Å². The van der Waals surface area contributed by atoms with Crippen LogP contribution in [0.5, 0.6) is 0 Å². The maximum Gasteiger partial charge on any atom is 0.395 e. The van der Waals surface area contributed by atoms with Crippen molar-refractivity contribution in [2.24, 2.45) is 5.92 Å². The molecule has 1 aliphatic heterocycles. The first kappa shape index (κ1) is 19.4. The van der Waals surface area contributed by atoms with E-state index in [1.165, 1.54) is 22.2 Å². The number of hydrogen-bond acceptors (Lipinski definition) is 4. The van der Waals surface area contributed by atoms with Gasteiger partial charge in [0.05, 0.1) is 17.5 Å². The highest BCUT2D eigenvalue weighted by molar-refractivity contribution is 7.07. The SMILES string of the molecule is Cc1ccc2[nH]c(C(=O)N3C[C@@H](C(F)(F)F)[C@H](NC(=O)c4cscn4)C3)cc2c1. The third-order valence-electron chi connectivity index (χ3n) is 5.02. The summed E-state index contributed by atoms with van der Waals surface area (Å²) in [6, 6.07) is 5.99. The molecule has 6 nitrogen and oxygen atoms in total. The lowest BCUT2D eigenvalue weighted by molar-refractivity contribution is -0.174. The molecule has 0 unspecified atom stereocenters. The highest BCUT2D eigenvalue weighted by Gasteiger charge is 2.51. The van der Waals surface area contributed by atoms with Crippen LogP contribution in [0.1, 0.15) is 26.5 Å². The Bertz CT molecular complexity index is 1060. The maximum absolute atomic E-state index is 13.5. The number of aryl methyl sites for hydroxylation is 1. The topological polar surface area (TPSA) is 78.1 Å². The number of aromatic nitrogens is 2. The Balaban J connectivity index is 1.55. The molecule has 3 heterocycles. The Morgan fingerprint density at radius 1 is 1.28 bits per heavy atom. The van der Waals surface area contributed by atoms with Crippen LogP contribution in [0, 0.1) is 12.8 Å². The lowest BCUT2D eigenvalue weighted by Gasteiger charge is -2.21. The molecule has 4 rings (SSSR count). The Hall–Kier alpha value is -2.88. The number of thiazole rings is 1. The summed E-state index contributed by atoms with van der Waals surface area (Å²) >= 11 is 1.17. The Morgan fingerprint density at radius 2 is 2.07 bits per heavy atom. The third kappa shape index (κ3) is 3.84. The smallest absolute Gasteiger partial charge is 0.351 e. The molecule has 2 N–H and O–H groups in total. The van der Waals surface area contributed by atoms with Gasteiger partial charge in [-0.3, -0.25) is 9.59 Å². The molecular weight excluding hydrogens is 405 g/mol. The first-order chi connectivity index (χ1) is 13.7. The molecule has 1 saturated heterocycles. The number of carbonyl (C=O) groups is 2. The highest BCUT2D eigenvalue weighted by Crippen LogP contribution is 2.34. The van der Waals surface area contributed by atoms with Gasteiger partial charge in [0.25, 0.3) is 11.8 Å². The summed E-state index contributed by atoms with van der Waals surface area (Å²) in [5.74, 6) is -3.06. The van der Waals surface area contributed by atoms with Crippen LogP contribution in [0.15, 0.2) is 35.2 Å². The minimum absolute atomic E-state index is 0.0617. The van der Waals surface area contributed by atoms with Crippen LogP contribution in [0.25, 0.3) is 10.9 Å². The second-order valence-corrected chi connectivity index (χ2v) is 7.80. The predicted molar refractivity (Wildman–Crippen MR) is 102 cm³/mol. The number of nitrogens with one attached hydrogen (secondary N) is 2. The molecule has 1 aliphatic rings. The average molecular weight is 422 g/mol. The van der Waals surface area contributed by atoms with Gasteiger partial charge in [-0.1, -0.05) is 11.6 Å². The fraction of sp³-hybridized carbons (Fsp3) is 0.316. The van der Waals surface area contributed by atoms with E-state index in [0.717, 1.165) is 21.4 Å². The van der Waals surface area contributed by atoms with Crippen LogP contribution in [0.4, 0.5) is 13.2 Å². The number of nitrogens with zero attached hydrogens (tertiary/aromatic N) is 2. The number of H-pyrrole nitrogens is 1. The number of halogens is 3. The number of amides is 2. The van der Waals surface area contributed by atoms with E-state index in [2.05, 4.69) is 15.3 Å². The van der Waals surface area contributed by atoms with Gasteiger partial charge in [0.15, 0.2) is 0 Å². The summed E-state index contributed by atoms with van der Waals surface area (Å²) in [7, 11) is 0. The van der Waals surface area contributed by atoms with E-state index >= 15 is 0 Å². The Morgan fingerprint density at radius 3 is 2.76 bits per heavy atom. The summed E-state index contributed by atoms with van der Waals surface area (Å²) in [4.78, 5) is 32.9. The molecule has 2 atom stereocenters. The molecule has 10 heteroatoms. The molecule has 0 saturated carbocycles. The van der Waals surface area contributed by atoms with Gasteiger partial charge in [0, 0.05) is 29.4 Å². The number of rotatable bonds is 3. The summed E-state index contributed by atoms with van der Waals surface area (Å²) in [5.41, 5.74) is 3.46. The Kier molecular flexibility index (Phi) is 4.81. The van der Waals surface area contributed by atoms with E-state index in [4.69, 9.17) is 0 Å². The molecule has 1 fully saturated rings. The number of alkyl halides is 3. The van der Waals surface area contributed by atoms with Crippen LogP contribution in [0.3, 0.4) is 0 Å². The van der Waals surface area contributed by atoms with Gasteiger partial charge >= 0.3 is 6.18 Å². The molecular formula is C19H17F3N4O2S. The number of benzene rings is 1. The third-order valence-corrected chi connectivity index (χ3v) is 5.60. The molecule has 0 aliphatic carbocycles. The number of aromatic amines is 1. The van der Waals surface area contributed by atoms with Crippen molar-refractivity contribution in [1.29, 1.82) is 0 Å². The molecule has 1 aromatic carbocycles. The molecule has 0 spiro atoms. The molecule has 152 valence electrons. The van der Waals surface area contributed by atoms with Crippen LogP contribution in [0.2, 0.25) is 0 Å². The van der Waals surface area contributed by atoms with Gasteiger partial charge in [-0.25, -0.2) is 4.98 Å². The number of carbonyl (C=O) groups excluding carboxylic acids is 2. The lowest BCUT2D eigenvalue weighted by Crippen LogP contribution is -2.45. The van der Waals surface area contributed by atoms with Crippen molar-refractivity contribution in [3.8, 4) is 0 Å². The van der Waals surface area contributed by atoms with Gasteiger partial charge in [-0.2, -0.15) is 13.2 Å². The minimum Gasteiger partial charge on any atom is -0.351 e. The van der Waals surface area contributed by atoms with Crippen molar-refractivity contribution in [2.45, 2.75) is 19.1 Å². The van der Waals surface area contributed by atoms with E-state index in [-0.39, 0.29) is 17.9 Å². The van der Waals surface area contributed by atoms with Gasteiger partial charge in [0.1, 0.15) is 11.4 Å². The van der Waals surface area contributed by atoms with Crippen molar-refractivity contribution in [2.75, 3.05) is 13.1 Å². The van der Waals surface area contributed by atoms with E-state index in [1.807, 2.05) is 25.1 Å². The Labute approximate surface area is 167 Å². The molecule has 2 aromatic heterocycles. The zero-order valence-corrected chi connectivity index (χ0v) is 16.1. The molecule has 0 radical (unpaired) electrons. The summed E-state index contributed by atoms with van der Waals surface area (Å²) < 4.78 is 40.6. The van der Waals surface area contributed by atoms with Crippen molar-refractivity contribution < 1.29 is 22.8 Å². The van der Waals surface area contributed by atoms with Gasteiger partial charge in [0.2, 0.25) is 0 Å². The maximum atomic E-state index is 13.5. The van der Waals surface area contributed by atoms with Crippen LogP contribution in [-0.2, 0) is 0 Å². The number of hydrogen-bond donors (Lipinski definition) is 2. The quantitative estimate of drug-likeness (QED) is 0.680. The van der Waals surface area contributed by atoms with Gasteiger partial charge in [-0.05, 0) is 25.1 Å².